The largest absolute Gasteiger partial charge is 0.316 e. The van der Waals surface area contributed by atoms with Gasteiger partial charge in [0.25, 0.3) is 0 Å². The van der Waals surface area contributed by atoms with E-state index in [9.17, 15) is 0 Å². The maximum atomic E-state index is 3.58. The third-order valence-electron chi connectivity index (χ3n) is 5.15. The lowest BCUT2D eigenvalue weighted by Gasteiger charge is -2.37. The Hall–Kier alpha value is -0.0800. The van der Waals surface area contributed by atoms with E-state index < -0.39 is 0 Å². The van der Waals surface area contributed by atoms with Crippen molar-refractivity contribution in [3.63, 3.8) is 0 Å². The number of likely N-dealkylation sites (tertiary alicyclic amines) is 1. The van der Waals surface area contributed by atoms with Crippen LogP contribution in [0, 0.1) is 17.3 Å². The average molecular weight is 238 g/mol. The lowest BCUT2D eigenvalue weighted by atomic mass is 9.76. The first-order valence-corrected chi connectivity index (χ1v) is 7.55. The Bertz CT molecular complexity index is 231. The van der Waals surface area contributed by atoms with Crippen LogP contribution >= 0.6 is 0 Å². The third kappa shape index (κ3) is 3.23. The molecule has 0 aliphatic carbocycles. The molecule has 2 nitrogen and oxygen atoms in total. The SMILES string of the molecule is CC1CCCN(CC2(C(C)C)CCNC2)CC1. The summed E-state index contributed by atoms with van der Waals surface area (Å²) < 4.78 is 0. The third-order valence-corrected chi connectivity index (χ3v) is 5.15. The van der Waals surface area contributed by atoms with Crippen molar-refractivity contribution in [2.24, 2.45) is 17.3 Å². The fourth-order valence-corrected chi connectivity index (χ4v) is 3.50. The molecular weight excluding hydrogens is 208 g/mol. The van der Waals surface area contributed by atoms with Crippen LogP contribution < -0.4 is 5.32 Å². The second-order valence-electron chi connectivity index (χ2n) is 6.76. The standard InChI is InChI=1S/C15H30N2/c1-13(2)15(7-8-16-11-15)12-17-9-4-5-14(3)6-10-17/h13-14,16H,4-12H2,1-3H3. The van der Waals surface area contributed by atoms with Crippen molar-refractivity contribution in [2.75, 3.05) is 32.7 Å². The second-order valence-corrected chi connectivity index (χ2v) is 6.76. The predicted molar refractivity (Wildman–Crippen MR) is 74.2 cm³/mol. The van der Waals surface area contributed by atoms with Gasteiger partial charge in [-0.25, -0.2) is 0 Å². The van der Waals surface area contributed by atoms with Gasteiger partial charge in [0.05, 0.1) is 0 Å². The summed E-state index contributed by atoms with van der Waals surface area (Å²) >= 11 is 0. The van der Waals surface area contributed by atoms with Gasteiger partial charge in [-0.05, 0) is 62.6 Å². The number of hydrogen-bond donors (Lipinski definition) is 1. The molecule has 2 heterocycles. The Balaban J connectivity index is 1.93. The first-order valence-electron chi connectivity index (χ1n) is 7.55. The highest BCUT2D eigenvalue weighted by atomic mass is 15.1. The van der Waals surface area contributed by atoms with Crippen molar-refractivity contribution < 1.29 is 0 Å². The molecule has 0 bridgehead atoms. The first-order chi connectivity index (χ1) is 8.12. The highest BCUT2D eigenvalue weighted by molar-refractivity contribution is 4.93. The smallest absolute Gasteiger partial charge is 0.00531 e. The summed E-state index contributed by atoms with van der Waals surface area (Å²) in [6.45, 7) is 13.7. The summed E-state index contributed by atoms with van der Waals surface area (Å²) in [5.74, 6) is 1.75. The minimum Gasteiger partial charge on any atom is -0.316 e. The van der Waals surface area contributed by atoms with Crippen LogP contribution in [0.2, 0.25) is 0 Å². The van der Waals surface area contributed by atoms with Gasteiger partial charge in [0.2, 0.25) is 0 Å². The lowest BCUT2D eigenvalue weighted by Crippen LogP contribution is -2.43. The van der Waals surface area contributed by atoms with E-state index in [1.165, 1.54) is 58.4 Å². The van der Waals surface area contributed by atoms with Crippen LogP contribution in [0.15, 0.2) is 0 Å². The minimum atomic E-state index is 0.549. The molecule has 1 N–H and O–H groups in total. The van der Waals surface area contributed by atoms with Crippen molar-refractivity contribution in [3.8, 4) is 0 Å². The Morgan fingerprint density at radius 2 is 2.12 bits per heavy atom. The fraction of sp³-hybridized carbons (Fsp3) is 1.00. The van der Waals surface area contributed by atoms with Gasteiger partial charge < -0.3 is 10.2 Å². The van der Waals surface area contributed by atoms with E-state index in [-0.39, 0.29) is 0 Å². The van der Waals surface area contributed by atoms with Gasteiger partial charge in [-0.1, -0.05) is 20.8 Å². The van der Waals surface area contributed by atoms with E-state index in [1.807, 2.05) is 0 Å². The minimum absolute atomic E-state index is 0.549. The lowest BCUT2D eigenvalue weighted by molar-refractivity contribution is 0.119. The van der Waals surface area contributed by atoms with Crippen LogP contribution in [0.4, 0.5) is 0 Å². The zero-order valence-electron chi connectivity index (χ0n) is 12.0. The molecule has 2 aliphatic heterocycles. The Labute approximate surface area is 107 Å². The summed E-state index contributed by atoms with van der Waals surface area (Å²) in [5.41, 5.74) is 0.549. The van der Waals surface area contributed by atoms with Gasteiger partial charge in [0.15, 0.2) is 0 Å². The number of hydrogen-bond acceptors (Lipinski definition) is 2. The maximum Gasteiger partial charge on any atom is 0.00531 e. The topological polar surface area (TPSA) is 15.3 Å². The summed E-state index contributed by atoms with van der Waals surface area (Å²) in [5, 5.41) is 3.58. The molecule has 0 aromatic carbocycles. The Kier molecular flexibility index (Phi) is 4.48. The van der Waals surface area contributed by atoms with Crippen molar-refractivity contribution in [1.29, 1.82) is 0 Å². The van der Waals surface area contributed by atoms with E-state index in [2.05, 4.69) is 31.0 Å². The summed E-state index contributed by atoms with van der Waals surface area (Å²) in [6, 6.07) is 0. The molecule has 2 heteroatoms. The second kappa shape index (κ2) is 5.71. The maximum absolute atomic E-state index is 3.58. The van der Waals surface area contributed by atoms with Crippen LogP contribution in [-0.2, 0) is 0 Å². The summed E-state index contributed by atoms with van der Waals surface area (Å²) in [4.78, 5) is 2.75. The molecule has 2 aliphatic rings. The number of rotatable bonds is 3. The van der Waals surface area contributed by atoms with Gasteiger partial charge in [-0.15, -0.1) is 0 Å². The Morgan fingerprint density at radius 1 is 1.29 bits per heavy atom. The molecule has 0 radical (unpaired) electrons. The van der Waals surface area contributed by atoms with Gasteiger partial charge in [-0.3, -0.25) is 0 Å². The van der Waals surface area contributed by atoms with E-state index in [0.717, 1.165) is 11.8 Å². The molecule has 0 spiro atoms. The predicted octanol–water partition coefficient (Wildman–Crippen LogP) is 2.74. The Morgan fingerprint density at radius 3 is 2.76 bits per heavy atom. The van der Waals surface area contributed by atoms with Gasteiger partial charge >= 0.3 is 0 Å². The molecular formula is C15H30N2. The summed E-state index contributed by atoms with van der Waals surface area (Å²) in [7, 11) is 0. The van der Waals surface area contributed by atoms with Crippen LogP contribution in [0.5, 0.6) is 0 Å². The molecule has 2 fully saturated rings. The van der Waals surface area contributed by atoms with Crippen LogP contribution in [0.1, 0.15) is 46.5 Å². The molecule has 2 rings (SSSR count). The monoisotopic (exact) mass is 238 g/mol. The molecule has 0 saturated carbocycles. The quantitative estimate of drug-likeness (QED) is 0.813. The van der Waals surface area contributed by atoms with E-state index in [0.29, 0.717) is 5.41 Å². The van der Waals surface area contributed by atoms with Crippen LogP contribution in [-0.4, -0.2) is 37.6 Å². The normalized spacial score (nSPS) is 36.4. The summed E-state index contributed by atoms with van der Waals surface area (Å²) in [6.07, 6.45) is 5.62. The molecule has 2 saturated heterocycles. The number of nitrogens with zero attached hydrogens (tertiary/aromatic N) is 1. The van der Waals surface area contributed by atoms with Crippen LogP contribution in [0.25, 0.3) is 0 Å². The van der Waals surface area contributed by atoms with E-state index in [1.54, 1.807) is 0 Å². The van der Waals surface area contributed by atoms with Crippen molar-refractivity contribution in [2.45, 2.75) is 46.5 Å². The fourth-order valence-electron chi connectivity index (χ4n) is 3.50. The van der Waals surface area contributed by atoms with E-state index in [4.69, 9.17) is 0 Å². The van der Waals surface area contributed by atoms with E-state index >= 15 is 0 Å². The highest BCUT2D eigenvalue weighted by Crippen LogP contribution is 2.35. The molecule has 0 aromatic heterocycles. The molecule has 17 heavy (non-hydrogen) atoms. The number of nitrogens with one attached hydrogen (secondary N) is 1. The highest BCUT2D eigenvalue weighted by Gasteiger charge is 2.38. The van der Waals surface area contributed by atoms with Gasteiger partial charge in [-0.2, -0.15) is 0 Å². The average Bonchev–Trinajstić information content (AvgIpc) is 2.66. The first kappa shape index (κ1) is 13.4. The van der Waals surface area contributed by atoms with Crippen molar-refractivity contribution >= 4 is 0 Å². The zero-order valence-corrected chi connectivity index (χ0v) is 12.0. The van der Waals surface area contributed by atoms with Gasteiger partial charge in [0.1, 0.15) is 0 Å². The molecule has 2 atom stereocenters. The zero-order chi connectivity index (χ0) is 12.3. The van der Waals surface area contributed by atoms with Crippen LogP contribution in [0.3, 0.4) is 0 Å². The molecule has 0 aromatic rings. The molecule has 0 amide bonds. The molecule has 2 unspecified atom stereocenters. The molecule has 100 valence electrons. The van der Waals surface area contributed by atoms with Crippen molar-refractivity contribution in [1.82, 2.24) is 10.2 Å². The van der Waals surface area contributed by atoms with Crippen molar-refractivity contribution in [3.05, 3.63) is 0 Å². The van der Waals surface area contributed by atoms with Gasteiger partial charge in [0, 0.05) is 13.1 Å².